The van der Waals surface area contributed by atoms with Gasteiger partial charge in [0.2, 0.25) is 0 Å². The Hall–Kier alpha value is -3.08. The third-order valence-electron chi connectivity index (χ3n) is 3.45. The lowest BCUT2D eigenvalue weighted by Gasteiger charge is -2.07. The van der Waals surface area contributed by atoms with E-state index in [9.17, 15) is 9.59 Å². The van der Waals surface area contributed by atoms with Crippen LogP contribution in [0, 0.1) is 6.92 Å². The molecule has 116 valence electrons. The number of hydrogen-bond donors (Lipinski definition) is 1. The molecule has 2 aromatic carbocycles. The smallest absolute Gasteiger partial charge is 0.342 e. The topological polar surface area (TPSA) is 68.5 Å². The predicted octanol–water partition coefficient (Wildman–Crippen LogP) is 3.54. The van der Waals surface area contributed by atoms with E-state index in [1.165, 1.54) is 12.3 Å². The van der Waals surface area contributed by atoms with Crippen molar-refractivity contribution in [2.75, 3.05) is 11.9 Å². The minimum atomic E-state index is -0.579. The van der Waals surface area contributed by atoms with Crippen molar-refractivity contribution in [3.63, 3.8) is 0 Å². The number of aryl methyl sites for hydroxylation is 1. The van der Waals surface area contributed by atoms with Gasteiger partial charge >= 0.3 is 5.97 Å². The van der Waals surface area contributed by atoms with Crippen LogP contribution in [0.25, 0.3) is 10.8 Å². The number of fused-ring (bicyclic) bond motifs is 1. The van der Waals surface area contributed by atoms with Gasteiger partial charge in [0, 0.05) is 5.69 Å². The SMILES string of the molecule is Cc1occc1C(=O)OCC(=O)Nc1ccc2ccccc2c1. The van der Waals surface area contributed by atoms with E-state index in [1.54, 1.807) is 6.92 Å². The molecule has 0 saturated carbocycles. The summed E-state index contributed by atoms with van der Waals surface area (Å²) in [6.07, 6.45) is 1.40. The molecule has 3 aromatic rings. The number of benzene rings is 2. The highest BCUT2D eigenvalue weighted by molar-refractivity contribution is 5.97. The summed E-state index contributed by atoms with van der Waals surface area (Å²) in [5, 5.41) is 4.82. The molecule has 0 bridgehead atoms. The maximum atomic E-state index is 11.9. The van der Waals surface area contributed by atoms with Crippen LogP contribution < -0.4 is 5.32 Å². The molecule has 0 aliphatic rings. The first kappa shape index (κ1) is 14.8. The molecule has 0 saturated heterocycles. The molecule has 3 rings (SSSR count). The first-order valence-electron chi connectivity index (χ1n) is 7.13. The molecule has 0 fully saturated rings. The van der Waals surface area contributed by atoms with Crippen LogP contribution in [0.4, 0.5) is 5.69 Å². The number of esters is 1. The van der Waals surface area contributed by atoms with E-state index >= 15 is 0 Å². The van der Waals surface area contributed by atoms with E-state index in [-0.39, 0.29) is 6.61 Å². The van der Waals surface area contributed by atoms with Crippen LogP contribution in [0.15, 0.2) is 59.2 Å². The second kappa shape index (κ2) is 6.36. The molecule has 5 heteroatoms. The average molecular weight is 309 g/mol. The maximum absolute atomic E-state index is 11.9. The Morgan fingerprint density at radius 1 is 1.09 bits per heavy atom. The molecule has 0 aliphatic carbocycles. The maximum Gasteiger partial charge on any atom is 0.342 e. The Bertz CT molecular complexity index is 866. The predicted molar refractivity (Wildman–Crippen MR) is 86.3 cm³/mol. The summed E-state index contributed by atoms with van der Waals surface area (Å²) in [4.78, 5) is 23.7. The molecule has 0 radical (unpaired) electrons. The molecule has 1 amide bonds. The van der Waals surface area contributed by atoms with Gasteiger partial charge in [-0.3, -0.25) is 4.79 Å². The summed E-state index contributed by atoms with van der Waals surface area (Å²) in [6, 6.07) is 15.0. The first-order chi connectivity index (χ1) is 11.1. The standard InChI is InChI=1S/C18H15NO4/c1-12-16(8-9-22-12)18(21)23-11-17(20)19-15-7-6-13-4-2-3-5-14(13)10-15/h2-10H,11H2,1H3,(H,19,20). The van der Waals surface area contributed by atoms with Gasteiger partial charge in [-0.25, -0.2) is 4.79 Å². The van der Waals surface area contributed by atoms with E-state index < -0.39 is 11.9 Å². The van der Waals surface area contributed by atoms with Gasteiger partial charge in [-0.2, -0.15) is 0 Å². The van der Waals surface area contributed by atoms with E-state index in [0.717, 1.165) is 10.8 Å². The summed E-state index contributed by atoms with van der Waals surface area (Å²) < 4.78 is 10.0. The third kappa shape index (κ3) is 3.40. The molecule has 1 aromatic heterocycles. The zero-order valence-electron chi connectivity index (χ0n) is 12.5. The molecule has 1 heterocycles. The van der Waals surface area contributed by atoms with Crippen molar-refractivity contribution in [1.82, 2.24) is 0 Å². The zero-order valence-corrected chi connectivity index (χ0v) is 12.5. The van der Waals surface area contributed by atoms with Crippen LogP contribution in [0.3, 0.4) is 0 Å². The van der Waals surface area contributed by atoms with Crippen molar-refractivity contribution < 1.29 is 18.7 Å². The molecule has 0 spiro atoms. The first-order valence-corrected chi connectivity index (χ1v) is 7.13. The molecular formula is C18H15NO4. The molecule has 23 heavy (non-hydrogen) atoms. The Labute approximate surface area is 132 Å². The van der Waals surface area contributed by atoms with Gasteiger partial charge in [-0.05, 0) is 35.9 Å². The van der Waals surface area contributed by atoms with Crippen molar-refractivity contribution in [2.45, 2.75) is 6.92 Å². The molecule has 5 nitrogen and oxygen atoms in total. The van der Waals surface area contributed by atoms with E-state index in [1.807, 2.05) is 42.5 Å². The zero-order chi connectivity index (χ0) is 16.2. The van der Waals surface area contributed by atoms with Gasteiger partial charge in [0.05, 0.1) is 6.26 Å². The van der Waals surface area contributed by atoms with Gasteiger partial charge in [0.15, 0.2) is 6.61 Å². The lowest BCUT2D eigenvalue weighted by atomic mass is 10.1. The van der Waals surface area contributed by atoms with E-state index in [4.69, 9.17) is 9.15 Å². The van der Waals surface area contributed by atoms with Crippen LogP contribution in [0.2, 0.25) is 0 Å². The van der Waals surface area contributed by atoms with Crippen LogP contribution in [-0.4, -0.2) is 18.5 Å². The summed E-state index contributed by atoms with van der Waals surface area (Å²) in [5.74, 6) is -0.510. The Morgan fingerprint density at radius 2 is 1.87 bits per heavy atom. The van der Waals surface area contributed by atoms with Crippen molar-refractivity contribution in [3.8, 4) is 0 Å². The molecule has 0 atom stereocenters. The van der Waals surface area contributed by atoms with Gasteiger partial charge < -0.3 is 14.5 Å². The number of ether oxygens (including phenoxy) is 1. The second-order valence-electron chi connectivity index (χ2n) is 5.08. The summed E-state index contributed by atoms with van der Waals surface area (Å²) in [7, 11) is 0. The number of hydrogen-bond acceptors (Lipinski definition) is 4. The molecule has 0 aliphatic heterocycles. The molecule has 1 N–H and O–H groups in total. The minimum Gasteiger partial charge on any atom is -0.469 e. The number of nitrogens with one attached hydrogen (secondary N) is 1. The van der Waals surface area contributed by atoms with Crippen molar-refractivity contribution >= 4 is 28.3 Å². The average Bonchev–Trinajstić information content (AvgIpc) is 2.98. The number of rotatable bonds is 4. The van der Waals surface area contributed by atoms with Crippen molar-refractivity contribution in [3.05, 3.63) is 66.1 Å². The van der Waals surface area contributed by atoms with Gasteiger partial charge in [-0.1, -0.05) is 30.3 Å². The number of amides is 1. The van der Waals surface area contributed by atoms with E-state index in [2.05, 4.69) is 5.32 Å². The number of anilines is 1. The van der Waals surface area contributed by atoms with Gasteiger partial charge in [0.1, 0.15) is 11.3 Å². The van der Waals surface area contributed by atoms with Crippen LogP contribution >= 0.6 is 0 Å². The van der Waals surface area contributed by atoms with Gasteiger partial charge in [0.25, 0.3) is 5.91 Å². The Kier molecular flexibility index (Phi) is 4.10. The molecular weight excluding hydrogens is 294 g/mol. The highest BCUT2D eigenvalue weighted by Crippen LogP contribution is 2.18. The Morgan fingerprint density at radius 3 is 2.61 bits per heavy atom. The third-order valence-corrected chi connectivity index (χ3v) is 3.45. The number of carbonyl (C=O) groups excluding carboxylic acids is 2. The van der Waals surface area contributed by atoms with Crippen LogP contribution in [0.1, 0.15) is 16.1 Å². The highest BCUT2D eigenvalue weighted by atomic mass is 16.5. The summed E-state index contributed by atoms with van der Waals surface area (Å²) in [5.41, 5.74) is 0.979. The fourth-order valence-electron chi connectivity index (χ4n) is 2.27. The molecule has 0 unspecified atom stereocenters. The van der Waals surface area contributed by atoms with Crippen molar-refractivity contribution in [2.24, 2.45) is 0 Å². The lowest BCUT2D eigenvalue weighted by Crippen LogP contribution is -2.21. The lowest BCUT2D eigenvalue weighted by molar-refractivity contribution is -0.119. The second-order valence-corrected chi connectivity index (χ2v) is 5.08. The van der Waals surface area contributed by atoms with Crippen LogP contribution in [0.5, 0.6) is 0 Å². The summed E-state index contributed by atoms with van der Waals surface area (Å²) in [6.45, 7) is 1.31. The number of furan rings is 1. The monoisotopic (exact) mass is 309 g/mol. The Balaban J connectivity index is 1.60. The minimum absolute atomic E-state index is 0.323. The normalized spacial score (nSPS) is 10.5. The van der Waals surface area contributed by atoms with Crippen LogP contribution in [-0.2, 0) is 9.53 Å². The quantitative estimate of drug-likeness (QED) is 0.748. The van der Waals surface area contributed by atoms with Gasteiger partial charge in [-0.15, -0.1) is 0 Å². The highest BCUT2D eigenvalue weighted by Gasteiger charge is 2.14. The number of carbonyl (C=O) groups is 2. The largest absolute Gasteiger partial charge is 0.469 e. The van der Waals surface area contributed by atoms with E-state index in [0.29, 0.717) is 17.0 Å². The van der Waals surface area contributed by atoms with Crippen molar-refractivity contribution in [1.29, 1.82) is 0 Å². The fraction of sp³-hybridized carbons (Fsp3) is 0.111. The fourth-order valence-corrected chi connectivity index (χ4v) is 2.27. The summed E-state index contributed by atoms with van der Waals surface area (Å²) >= 11 is 0.